The maximum atomic E-state index is 7.37. The van der Waals surface area contributed by atoms with E-state index in [0.29, 0.717) is 10.8 Å². The second-order valence-electron chi connectivity index (χ2n) is 6.11. The molecule has 0 fully saturated rings. The Labute approximate surface area is 155 Å². The van der Waals surface area contributed by atoms with Crippen molar-refractivity contribution < 1.29 is 9.57 Å². The van der Waals surface area contributed by atoms with Crippen LogP contribution in [0, 0.1) is 12.3 Å². The molecule has 3 rings (SSSR count). The summed E-state index contributed by atoms with van der Waals surface area (Å²) in [4.78, 5) is 13.5. The lowest BCUT2D eigenvalue weighted by Gasteiger charge is -2.27. The number of anilines is 1. The van der Waals surface area contributed by atoms with E-state index in [1.54, 1.807) is 16.8 Å². The van der Waals surface area contributed by atoms with E-state index < -0.39 is 5.60 Å². The number of nitrogens with zero attached hydrogens (tertiary/aromatic N) is 5. The first-order valence-electron chi connectivity index (χ1n) is 7.87. The molecule has 3 aromatic rings. The molecule has 0 radical (unpaired) electrons. The van der Waals surface area contributed by atoms with Crippen LogP contribution in [-0.2, 0) is 10.4 Å². The Morgan fingerprint density at radius 1 is 1.31 bits per heavy atom. The van der Waals surface area contributed by atoms with E-state index in [9.17, 15) is 0 Å². The summed E-state index contributed by atoms with van der Waals surface area (Å²) in [6.45, 7) is 5.80. The van der Waals surface area contributed by atoms with Gasteiger partial charge in [-0.05, 0) is 50.6 Å². The summed E-state index contributed by atoms with van der Waals surface area (Å²) in [6, 6.07) is 7.30. The Hall–Kier alpha value is -2.71. The Kier molecular flexibility index (Phi) is 4.80. The van der Waals surface area contributed by atoms with Crippen molar-refractivity contribution in [3.05, 3.63) is 46.7 Å². The molecule has 26 heavy (non-hydrogen) atoms. The van der Waals surface area contributed by atoms with Crippen molar-refractivity contribution in [3.63, 3.8) is 0 Å². The molecule has 0 aliphatic carbocycles. The number of aromatic nitrogens is 4. The van der Waals surface area contributed by atoms with Crippen LogP contribution in [0.15, 0.2) is 30.5 Å². The fourth-order valence-electron chi connectivity index (χ4n) is 2.58. The standard InChI is InChI=1S/C17H19ClN6O2/c1-11-9-12(18)5-6-13(11)26-17(2,3)14-7-8-20-15-21-16(22-24(14)15)23(10-19)25-4/h5-10,19H,1-4H3. The average molecular weight is 375 g/mol. The molecule has 2 aromatic heterocycles. The Morgan fingerprint density at radius 3 is 2.73 bits per heavy atom. The Morgan fingerprint density at radius 2 is 2.08 bits per heavy atom. The van der Waals surface area contributed by atoms with Crippen molar-refractivity contribution in [2.45, 2.75) is 26.4 Å². The van der Waals surface area contributed by atoms with Crippen LogP contribution in [0.1, 0.15) is 25.1 Å². The quantitative estimate of drug-likeness (QED) is 0.404. The van der Waals surface area contributed by atoms with E-state index in [-0.39, 0.29) is 5.95 Å². The summed E-state index contributed by atoms with van der Waals surface area (Å²) in [5.41, 5.74) is 0.953. The van der Waals surface area contributed by atoms with Crippen LogP contribution in [0.5, 0.6) is 5.75 Å². The van der Waals surface area contributed by atoms with Crippen molar-refractivity contribution in [2.75, 3.05) is 12.2 Å². The second kappa shape index (κ2) is 6.89. The molecule has 0 amide bonds. The number of hydrogen-bond acceptors (Lipinski definition) is 6. The minimum Gasteiger partial charge on any atom is -0.481 e. The summed E-state index contributed by atoms with van der Waals surface area (Å²) in [7, 11) is 1.43. The summed E-state index contributed by atoms with van der Waals surface area (Å²) < 4.78 is 7.82. The highest BCUT2D eigenvalue weighted by Gasteiger charge is 2.28. The number of ether oxygens (including phenoxy) is 1. The van der Waals surface area contributed by atoms with Crippen LogP contribution < -0.4 is 9.80 Å². The molecule has 0 saturated carbocycles. The lowest BCUT2D eigenvalue weighted by molar-refractivity contribution is 0.1000. The van der Waals surface area contributed by atoms with Crippen LogP contribution in [0.4, 0.5) is 5.95 Å². The predicted octanol–water partition coefficient (Wildman–Crippen LogP) is 3.38. The van der Waals surface area contributed by atoms with Crippen molar-refractivity contribution in [2.24, 2.45) is 0 Å². The number of benzene rings is 1. The van der Waals surface area contributed by atoms with Crippen molar-refractivity contribution in [1.29, 1.82) is 5.41 Å². The van der Waals surface area contributed by atoms with Crippen LogP contribution in [0.25, 0.3) is 5.78 Å². The molecule has 0 saturated heterocycles. The molecule has 0 aliphatic rings. The zero-order valence-corrected chi connectivity index (χ0v) is 15.7. The van der Waals surface area contributed by atoms with Gasteiger partial charge in [0, 0.05) is 11.2 Å². The Balaban J connectivity index is 2.03. The number of aryl methyl sites for hydroxylation is 1. The van der Waals surface area contributed by atoms with E-state index in [1.165, 1.54) is 7.11 Å². The SMILES string of the molecule is CON(C=N)c1nc2nccc(C(C)(C)Oc3ccc(Cl)cc3C)n2n1. The first-order valence-corrected chi connectivity index (χ1v) is 8.25. The fourth-order valence-corrected chi connectivity index (χ4v) is 2.81. The highest BCUT2D eigenvalue weighted by atomic mass is 35.5. The van der Waals surface area contributed by atoms with Gasteiger partial charge < -0.3 is 4.74 Å². The second-order valence-corrected chi connectivity index (χ2v) is 6.55. The molecule has 0 unspecified atom stereocenters. The van der Waals surface area contributed by atoms with Gasteiger partial charge in [-0.2, -0.15) is 14.6 Å². The number of hydroxylamine groups is 1. The lowest BCUT2D eigenvalue weighted by Crippen LogP contribution is -2.29. The van der Waals surface area contributed by atoms with Gasteiger partial charge in [-0.25, -0.2) is 4.98 Å². The van der Waals surface area contributed by atoms with E-state index in [1.807, 2.05) is 39.0 Å². The largest absolute Gasteiger partial charge is 0.481 e. The molecular weight excluding hydrogens is 356 g/mol. The molecule has 2 heterocycles. The van der Waals surface area contributed by atoms with Crippen LogP contribution in [-0.4, -0.2) is 33.0 Å². The van der Waals surface area contributed by atoms with Crippen molar-refractivity contribution >= 4 is 29.7 Å². The highest BCUT2D eigenvalue weighted by Crippen LogP contribution is 2.31. The summed E-state index contributed by atoms with van der Waals surface area (Å²) >= 11 is 6.02. The van der Waals surface area contributed by atoms with E-state index in [4.69, 9.17) is 26.6 Å². The molecule has 136 valence electrons. The molecular formula is C17H19ClN6O2. The zero-order chi connectivity index (χ0) is 18.9. The van der Waals surface area contributed by atoms with Gasteiger partial charge in [-0.3, -0.25) is 10.2 Å². The fraction of sp³-hybridized carbons (Fsp3) is 0.294. The predicted molar refractivity (Wildman–Crippen MR) is 98.9 cm³/mol. The van der Waals surface area contributed by atoms with Gasteiger partial charge in [0.15, 0.2) is 0 Å². The minimum absolute atomic E-state index is 0.209. The third kappa shape index (κ3) is 3.33. The third-order valence-corrected chi connectivity index (χ3v) is 4.09. The van der Waals surface area contributed by atoms with Crippen LogP contribution in [0.3, 0.4) is 0 Å². The van der Waals surface area contributed by atoms with Gasteiger partial charge in [0.05, 0.1) is 12.8 Å². The van der Waals surface area contributed by atoms with Crippen LogP contribution >= 0.6 is 11.6 Å². The minimum atomic E-state index is -0.729. The smallest absolute Gasteiger partial charge is 0.276 e. The maximum Gasteiger partial charge on any atom is 0.276 e. The number of rotatable bonds is 6. The van der Waals surface area contributed by atoms with E-state index in [0.717, 1.165) is 28.4 Å². The number of halogens is 1. The van der Waals surface area contributed by atoms with Gasteiger partial charge in [0.1, 0.15) is 17.7 Å². The van der Waals surface area contributed by atoms with Gasteiger partial charge in [-0.15, -0.1) is 5.10 Å². The summed E-state index contributed by atoms with van der Waals surface area (Å²) in [5.74, 6) is 1.31. The van der Waals surface area contributed by atoms with Crippen LogP contribution in [0.2, 0.25) is 5.02 Å². The summed E-state index contributed by atoms with van der Waals surface area (Å²) in [6.07, 6.45) is 2.62. The molecule has 1 aromatic carbocycles. The van der Waals surface area contributed by atoms with E-state index >= 15 is 0 Å². The monoisotopic (exact) mass is 374 g/mol. The first kappa shape index (κ1) is 18.1. The number of fused-ring (bicyclic) bond motifs is 1. The van der Waals surface area contributed by atoms with Crippen molar-refractivity contribution in [1.82, 2.24) is 19.6 Å². The molecule has 0 aliphatic heterocycles. The van der Waals surface area contributed by atoms with Gasteiger partial charge >= 0.3 is 0 Å². The van der Waals surface area contributed by atoms with E-state index in [2.05, 4.69) is 15.1 Å². The lowest BCUT2D eigenvalue weighted by atomic mass is 10.0. The normalized spacial score (nSPS) is 11.6. The number of hydrogen-bond donors (Lipinski definition) is 1. The van der Waals surface area contributed by atoms with Gasteiger partial charge in [-0.1, -0.05) is 11.6 Å². The van der Waals surface area contributed by atoms with Gasteiger partial charge in [0.2, 0.25) is 0 Å². The average Bonchev–Trinajstić information content (AvgIpc) is 3.02. The van der Waals surface area contributed by atoms with Crippen molar-refractivity contribution in [3.8, 4) is 5.75 Å². The molecule has 1 N–H and O–H groups in total. The topological polar surface area (TPSA) is 88.6 Å². The third-order valence-electron chi connectivity index (χ3n) is 3.86. The number of nitrogens with one attached hydrogen (secondary N) is 1. The summed E-state index contributed by atoms with van der Waals surface area (Å²) in [5, 5.41) is 13.6. The molecule has 0 bridgehead atoms. The Bertz CT molecular complexity index is 956. The molecule has 0 atom stereocenters. The molecule has 9 heteroatoms. The highest BCUT2D eigenvalue weighted by molar-refractivity contribution is 6.30. The zero-order valence-electron chi connectivity index (χ0n) is 14.9. The molecule has 0 spiro atoms. The molecule has 8 nitrogen and oxygen atoms in total. The maximum absolute atomic E-state index is 7.37. The van der Waals surface area contributed by atoms with Gasteiger partial charge in [0.25, 0.3) is 11.7 Å². The first-order chi connectivity index (χ1) is 12.4.